The molecule has 1 aliphatic heterocycles. The Balaban J connectivity index is 2.16. The lowest BCUT2D eigenvalue weighted by molar-refractivity contribution is 0.248. The number of nitrogens with one attached hydrogen (secondary N) is 1. The van der Waals surface area contributed by atoms with Gasteiger partial charge in [-0.3, -0.25) is 0 Å². The van der Waals surface area contributed by atoms with Gasteiger partial charge in [0.05, 0.1) is 5.29 Å². The molecule has 0 radical (unpaired) electrons. The van der Waals surface area contributed by atoms with Crippen molar-refractivity contribution in [3.05, 3.63) is 91.0 Å². The van der Waals surface area contributed by atoms with Gasteiger partial charge in [0, 0.05) is 0 Å². The molecule has 0 spiro atoms. The number of urea groups is 1. The number of nitrogens with zero attached hydrogens (tertiary/aromatic N) is 2. The van der Waals surface area contributed by atoms with Crippen molar-refractivity contribution in [2.45, 2.75) is 9.17 Å². The summed E-state index contributed by atoms with van der Waals surface area (Å²) < 4.78 is -1.78. The maximum absolute atomic E-state index is 12.5. The van der Waals surface area contributed by atoms with Crippen molar-refractivity contribution in [3.63, 3.8) is 0 Å². The normalized spacial score (nSPS) is 16.4. The minimum Gasteiger partial charge on any atom is -0.320 e. The molecular weight excluding hydrogens is 516 g/mol. The van der Waals surface area contributed by atoms with Crippen molar-refractivity contribution in [2.24, 2.45) is 4.99 Å². The van der Waals surface area contributed by atoms with Crippen molar-refractivity contribution < 1.29 is 4.79 Å². The Hall–Kier alpha value is -2.19. The predicted octanol–water partition coefficient (Wildman–Crippen LogP) is 5.23. The van der Waals surface area contributed by atoms with E-state index >= 15 is 0 Å². The summed E-state index contributed by atoms with van der Waals surface area (Å²) in [4.78, 5) is 16.7. The van der Waals surface area contributed by atoms with Crippen LogP contribution in [-0.4, -0.2) is 25.5 Å². The number of thioether (sulfide) groups is 1. The third kappa shape index (κ3) is 4.73. The fraction of sp³-hybridized carbons (Fsp3) is 0.0833. The summed E-state index contributed by atoms with van der Waals surface area (Å²) in [7, 11) is 0. The minimum absolute atomic E-state index is 0.252. The van der Waals surface area contributed by atoms with Crippen molar-refractivity contribution in [3.8, 4) is 6.07 Å². The maximum atomic E-state index is 12.5. The van der Waals surface area contributed by atoms with E-state index in [4.69, 9.17) is 34.8 Å². The number of carbonyl (C=O) groups is 1. The highest BCUT2D eigenvalue weighted by Gasteiger charge is 2.41. The van der Waals surface area contributed by atoms with Gasteiger partial charge in [0.1, 0.15) is 16.5 Å². The average molecular weight is 533 g/mol. The first kappa shape index (κ1) is 24.0. The van der Waals surface area contributed by atoms with Crippen LogP contribution in [0.2, 0.25) is 0 Å². The number of aliphatic imine (C=N–C) groups is 1. The van der Waals surface area contributed by atoms with E-state index in [9.17, 15) is 10.1 Å². The zero-order valence-corrected chi connectivity index (χ0v) is 21.0. The number of carbonyl (C=O) groups excluding carboxylic acids is 1. The topological polar surface area (TPSA) is 65.2 Å². The fourth-order valence-electron chi connectivity index (χ4n) is 3.72. The van der Waals surface area contributed by atoms with Gasteiger partial charge < -0.3 is 5.32 Å². The number of benzene rings is 3. The van der Waals surface area contributed by atoms with E-state index in [1.165, 1.54) is 0 Å². The third-order valence-corrected chi connectivity index (χ3v) is 11.7. The standard InChI is InChI=1S/C24H17Cl3N3OPS/c25-24(26,27)22-30-23(31)29-21(33-22)20(16-28)32(17-10-4-1-5-11-17,18-12-6-2-7-13-18)19-14-8-3-9-15-19/h1-15,22H,(H,30,31)/t22-/m0/s1. The van der Waals surface area contributed by atoms with Gasteiger partial charge in [-0.15, -0.1) is 0 Å². The second-order valence-electron chi connectivity index (χ2n) is 7.04. The summed E-state index contributed by atoms with van der Waals surface area (Å²) in [5.41, 5.74) is 0. The van der Waals surface area contributed by atoms with Crippen molar-refractivity contribution in [1.29, 1.82) is 5.26 Å². The predicted molar refractivity (Wildman–Crippen MR) is 143 cm³/mol. The smallest absolute Gasteiger partial charge is 0.320 e. The Labute approximate surface area is 211 Å². The van der Waals surface area contributed by atoms with E-state index in [1.807, 2.05) is 91.0 Å². The number of nitriles is 1. The molecule has 4 nitrogen and oxygen atoms in total. The Morgan fingerprint density at radius 3 is 1.67 bits per heavy atom. The molecule has 9 heteroatoms. The Morgan fingerprint density at radius 1 is 0.879 bits per heavy atom. The van der Waals surface area contributed by atoms with Gasteiger partial charge in [-0.25, -0.2) is 4.79 Å². The molecule has 166 valence electrons. The minimum atomic E-state index is -2.74. The summed E-state index contributed by atoms with van der Waals surface area (Å²) in [6.45, 7) is -2.74. The van der Waals surface area contributed by atoms with E-state index in [-0.39, 0.29) is 5.04 Å². The lowest BCUT2D eigenvalue weighted by Gasteiger charge is -2.33. The molecule has 1 atom stereocenters. The second-order valence-corrected chi connectivity index (χ2v) is 13.8. The first-order valence-electron chi connectivity index (χ1n) is 9.84. The van der Waals surface area contributed by atoms with Crippen LogP contribution in [0, 0.1) is 11.3 Å². The molecular formula is C24H17Cl3N3OPS. The number of rotatable bonds is 4. The summed E-state index contributed by atoms with van der Waals surface area (Å²) in [5.74, 6) is 0. The van der Waals surface area contributed by atoms with Crippen LogP contribution < -0.4 is 21.2 Å². The zero-order chi connectivity index (χ0) is 23.5. The number of amides is 2. The molecule has 1 aliphatic rings. The Kier molecular flexibility index (Phi) is 7.24. The maximum Gasteiger partial charge on any atom is 0.343 e. The van der Waals surface area contributed by atoms with Gasteiger partial charge in [0.25, 0.3) is 0 Å². The largest absolute Gasteiger partial charge is 0.343 e. The van der Waals surface area contributed by atoms with Crippen LogP contribution in [0.5, 0.6) is 0 Å². The number of hydrogen-bond acceptors (Lipinski definition) is 3. The van der Waals surface area contributed by atoms with E-state index in [0.29, 0.717) is 5.29 Å². The molecule has 4 rings (SSSR count). The second kappa shape index (κ2) is 9.97. The van der Waals surface area contributed by atoms with Crippen LogP contribution >= 0.6 is 53.5 Å². The molecule has 0 saturated heterocycles. The van der Waals surface area contributed by atoms with Gasteiger partial charge in [-0.1, -0.05) is 138 Å². The number of alkyl halides is 3. The van der Waals surface area contributed by atoms with Crippen molar-refractivity contribution in [1.82, 2.24) is 5.32 Å². The van der Waals surface area contributed by atoms with Gasteiger partial charge >= 0.3 is 6.03 Å². The van der Waals surface area contributed by atoms with Crippen LogP contribution in [0.4, 0.5) is 4.79 Å². The first-order valence-corrected chi connectivity index (χ1v) is 13.6. The summed E-state index contributed by atoms with van der Waals surface area (Å²) in [5, 5.41) is 15.8. The molecule has 0 unspecified atom stereocenters. The van der Waals surface area contributed by atoms with Gasteiger partial charge in [-0.2, -0.15) is 10.3 Å². The van der Waals surface area contributed by atoms with Crippen molar-refractivity contribution in [2.75, 3.05) is 0 Å². The zero-order valence-electron chi connectivity index (χ0n) is 17.0. The summed E-state index contributed by atoms with van der Waals surface area (Å²) >= 11 is 19.4. The van der Waals surface area contributed by atoms with Crippen LogP contribution in [0.1, 0.15) is 0 Å². The quantitative estimate of drug-likeness (QED) is 0.370. The highest BCUT2D eigenvalue weighted by atomic mass is 35.6. The molecule has 0 bridgehead atoms. The lowest BCUT2D eigenvalue weighted by Crippen LogP contribution is -2.45. The highest BCUT2D eigenvalue weighted by molar-refractivity contribution is 8.19. The van der Waals surface area contributed by atoms with E-state index in [2.05, 4.69) is 16.4 Å². The molecule has 0 aromatic heterocycles. The molecule has 33 heavy (non-hydrogen) atoms. The van der Waals surface area contributed by atoms with E-state index in [1.54, 1.807) is 0 Å². The fourth-order valence-corrected chi connectivity index (χ4v) is 9.67. The Bertz CT molecular complexity index is 1180. The molecule has 0 fully saturated rings. The van der Waals surface area contributed by atoms with Gasteiger partial charge in [0.15, 0.2) is 0 Å². The lowest BCUT2D eigenvalue weighted by atomic mass is 10.4. The van der Waals surface area contributed by atoms with E-state index < -0.39 is 22.1 Å². The highest BCUT2D eigenvalue weighted by Crippen LogP contribution is 2.48. The molecule has 0 saturated carbocycles. The average Bonchev–Trinajstić information content (AvgIpc) is 2.83. The van der Waals surface area contributed by atoms with Crippen LogP contribution in [-0.2, 0) is 0 Å². The van der Waals surface area contributed by atoms with Crippen LogP contribution in [0.3, 0.4) is 0 Å². The number of halogens is 3. The SMILES string of the molecule is N#CC(C1=NC(=O)N[C@H](C(Cl)(Cl)Cl)S1)=P(c1ccccc1)(c1ccccc1)c1ccccc1. The van der Waals surface area contributed by atoms with E-state index in [0.717, 1.165) is 27.7 Å². The van der Waals surface area contributed by atoms with Gasteiger partial charge in [-0.05, 0) is 22.8 Å². The molecule has 1 N–H and O–H groups in total. The van der Waals surface area contributed by atoms with Crippen LogP contribution in [0.25, 0.3) is 0 Å². The molecule has 2 amide bonds. The number of hydrogen-bond donors (Lipinski definition) is 1. The summed E-state index contributed by atoms with van der Waals surface area (Å²) in [6.07, 6.45) is 0. The van der Waals surface area contributed by atoms with Crippen molar-refractivity contribution >= 4 is 85.7 Å². The Morgan fingerprint density at radius 2 is 1.30 bits per heavy atom. The molecule has 1 heterocycles. The molecule has 0 aliphatic carbocycles. The molecule has 3 aromatic rings. The first-order chi connectivity index (χ1) is 15.9. The van der Waals surface area contributed by atoms with Gasteiger partial charge in [0.2, 0.25) is 3.79 Å². The monoisotopic (exact) mass is 531 g/mol. The third-order valence-electron chi connectivity index (χ3n) is 5.06. The molecule has 3 aromatic carbocycles. The van der Waals surface area contributed by atoms with Crippen LogP contribution in [0.15, 0.2) is 96.0 Å². The summed E-state index contributed by atoms with van der Waals surface area (Å²) in [6, 6.07) is 31.2.